The van der Waals surface area contributed by atoms with E-state index in [9.17, 15) is 8.78 Å². The summed E-state index contributed by atoms with van der Waals surface area (Å²) >= 11 is 0. The molecule has 3 rings (SSSR count). The van der Waals surface area contributed by atoms with Gasteiger partial charge in [0.15, 0.2) is 0 Å². The van der Waals surface area contributed by atoms with Gasteiger partial charge >= 0.3 is 0 Å². The Morgan fingerprint density at radius 3 is 2.38 bits per heavy atom. The molecule has 2 aliphatic rings. The molecule has 1 aliphatic carbocycles. The fourth-order valence-electron chi connectivity index (χ4n) is 3.28. The summed E-state index contributed by atoms with van der Waals surface area (Å²) in [7, 11) is 0. The van der Waals surface area contributed by atoms with Gasteiger partial charge in [0.2, 0.25) is 0 Å². The highest BCUT2D eigenvalue weighted by atomic mass is 19.1. The summed E-state index contributed by atoms with van der Waals surface area (Å²) in [5.74, 6) is -0.225. The number of rotatable bonds is 4. The molecule has 21 heavy (non-hydrogen) atoms. The number of benzene rings is 1. The first-order chi connectivity index (χ1) is 10.0. The lowest BCUT2D eigenvalue weighted by Gasteiger charge is -2.38. The molecule has 1 aliphatic heterocycles. The molecule has 2 atom stereocenters. The van der Waals surface area contributed by atoms with Crippen LogP contribution in [0.5, 0.6) is 0 Å². The summed E-state index contributed by atoms with van der Waals surface area (Å²) in [4.78, 5) is 1.89. The minimum Gasteiger partial charge on any atom is -0.364 e. The third-order valence-electron chi connectivity index (χ3n) is 4.67. The topological polar surface area (TPSA) is 15.3 Å². The fraction of sp³-hybridized carbons (Fsp3) is 0.647. The van der Waals surface area contributed by atoms with Gasteiger partial charge in [0.25, 0.3) is 0 Å². The minimum absolute atomic E-state index is 0.157. The van der Waals surface area contributed by atoms with Crippen molar-refractivity contribution in [2.45, 2.75) is 58.2 Å². The summed E-state index contributed by atoms with van der Waals surface area (Å²) in [6.07, 6.45) is 4.33. The van der Waals surface area contributed by atoms with Crippen LogP contribution in [0, 0.1) is 17.6 Å². The van der Waals surface area contributed by atoms with Crippen molar-refractivity contribution < 1.29 is 8.78 Å². The van der Waals surface area contributed by atoms with Gasteiger partial charge < -0.3 is 10.2 Å². The Kier molecular flexibility index (Phi) is 4.16. The maximum Gasteiger partial charge on any atom is 0.149 e. The second-order valence-electron chi connectivity index (χ2n) is 6.74. The number of halogens is 2. The molecule has 2 unspecified atom stereocenters. The summed E-state index contributed by atoms with van der Waals surface area (Å²) in [6, 6.07) is 3.70. The normalized spacial score (nSPS) is 26.2. The highest BCUT2D eigenvalue weighted by molar-refractivity contribution is 5.52. The van der Waals surface area contributed by atoms with E-state index in [0.29, 0.717) is 24.1 Å². The van der Waals surface area contributed by atoms with Crippen LogP contribution >= 0.6 is 0 Å². The third kappa shape index (κ3) is 3.37. The van der Waals surface area contributed by atoms with Gasteiger partial charge in [-0.3, -0.25) is 0 Å². The smallest absolute Gasteiger partial charge is 0.149 e. The van der Waals surface area contributed by atoms with Crippen LogP contribution in [0.3, 0.4) is 0 Å². The van der Waals surface area contributed by atoms with E-state index in [2.05, 4.69) is 19.2 Å². The van der Waals surface area contributed by atoms with Crippen molar-refractivity contribution >= 4 is 5.69 Å². The lowest BCUT2D eigenvalue weighted by Crippen LogP contribution is -2.41. The Labute approximate surface area is 125 Å². The first kappa shape index (κ1) is 14.8. The van der Waals surface area contributed by atoms with Gasteiger partial charge in [0, 0.05) is 25.2 Å². The van der Waals surface area contributed by atoms with Crippen LogP contribution in [-0.2, 0) is 6.54 Å². The molecular formula is C17H24F2N2. The van der Waals surface area contributed by atoms with E-state index in [4.69, 9.17) is 0 Å². The molecule has 2 fully saturated rings. The molecule has 0 spiro atoms. The van der Waals surface area contributed by atoms with Gasteiger partial charge in [0.1, 0.15) is 17.3 Å². The molecule has 1 saturated heterocycles. The number of anilines is 1. The molecule has 0 aromatic heterocycles. The van der Waals surface area contributed by atoms with Gasteiger partial charge in [-0.05, 0) is 56.2 Å². The van der Waals surface area contributed by atoms with Crippen LogP contribution in [0.25, 0.3) is 0 Å². The van der Waals surface area contributed by atoms with Crippen molar-refractivity contribution in [2.75, 3.05) is 11.4 Å². The average Bonchev–Trinajstić information content (AvgIpc) is 3.22. The van der Waals surface area contributed by atoms with Gasteiger partial charge in [-0.2, -0.15) is 0 Å². The van der Waals surface area contributed by atoms with E-state index in [1.54, 1.807) is 0 Å². The Morgan fingerprint density at radius 2 is 1.81 bits per heavy atom. The largest absolute Gasteiger partial charge is 0.364 e. The lowest BCUT2D eigenvalue weighted by molar-refractivity contribution is 0.370. The molecular weight excluding hydrogens is 270 g/mol. The molecule has 0 radical (unpaired) electrons. The van der Waals surface area contributed by atoms with Crippen molar-refractivity contribution in [2.24, 2.45) is 5.92 Å². The average molecular weight is 294 g/mol. The molecule has 0 amide bonds. The SMILES string of the molecule is CC1CCN(c2c(F)cc(CNC3CC3)cc2F)C(C)C1. The predicted octanol–water partition coefficient (Wildman–Crippen LogP) is 3.84. The van der Waals surface area contributed by atoms with Gasteiger partial charge in [-0.1, -0.05) is 6.92 Å². The molecule has 1 saturated carbocycles. The van der Waals surface area contributed by atoms with Crippen LogP contribution in [0.4, 0.5) is 14.5 Å². The summed E-state index contributed by atoms with van der Waals surface area (Å²) < 4.78 is 28.8. The first-order valence-corrected chi connectivity index (χ1v) is 8.02. The zero-order valence-electron chi connectivity index (χ0n) is 12.8. The lowest BCUT2D eigenvalue weighted by atomic mass is 9.92. The molecule has 1 N–H and O–H groups in total. The Hall–Kier alpha value is -1.16. The van der Waals surface area contributed by atoms with Gasteiger partial charge in [-0.25, -0.2) is 8.78 Å². The number of hydrogen-bond donors (Lipinski definition) is 1. The summed E-state index contributed by atoms with van der Waals surface area (Å²) in [5, 5.41) is 3.29. The summed E-state index contributed by atoms with van der Waals surface area (Å²) in [5.41, 5.74) is 0.850. The molecule has 1 heterocycles. The first-order valence-electron chi connectivity index (χ1n) is 8.02. The van der Waals surface area contributed by atoms with E-state index < -0.39 is 11.6 Å². The van der Waals surface area contributed by atoms with E-state index >= 15 is 0 Å². The van der Waals surface area contributed by atoms with Gasteiger partial charge in [0.05, 0.1) is 0 Å². The van der Waals surface area contributed by atoms with Crippen LogP contribution in [-0.4, -0.2) is 18.6 Å². The van der Waals surface area contributed by atoms with Crippen molar-refractivity contribution in [1.82, 2.24) is 5.32 Å². The van der Waals surface area contributed by atoms with E-state index in [1.165, 1.54) is 25.0 Å². The minimum atomic E-state index is -0.427. The molecule has 0 bridgehead atoms. The van der Waals surface area contributed by atoms with Crippen LogP contribution in [0.1, 0.15) is 45.1 Å². The molecule has 2 nitrogen and oxygen atoms in total. The number of nitrogens with one attached hydrogen (secondary N) is 1. The fourth-order valence-corrected chi connectivity index (χ4v) is 3.28. The number of hydrogen-bond acceptors (Lipinski definition) is 2. The zero-order valence-corrected chi connectivity index (χ0v) is 12.8. The van der Waals surface area contributed by atoms with Crippen molar-refractivity contribution in [1.29, 1.82) is 0 Å². The molecule has 1 aromatic rings. The van der Waals surface area contributed by atoms with Gasteiger partial charge in [-0.15, -0.1) is 0 Å². The third-order valence-corrected chi connectivity index (χ3v) is 4.67. The second-order valence-corrected chi connectivity index (χ2v) is 6.74. The number of nitrogens with zero attached hydrogens (tertiary/aromatic N) is 1. The highest BCUT2D eigenvalue weighted by Gasteiger charge is 2.28. The van der Waals surface area contributed by atoms with Crippen molar-refractivity contribution in [3.63, 3.8) is 0 Å². The van der Waals surface area contributed by atoms with E-state index in [1.807, 2.05) is 4.90 Å². The standard InChI is InChI=1S/C17H24F2N2/c1-11-5-6-21(12(2)7-11)17-15(18)8-13(9-16(17)19)10-20-14-3-4-14/h8-9,11-12,14,20H,3-7,10H2,1-2H3. The van der Waals surface area contributed by atoms with Crippen molar-refractivity contribution in [3.05, 3.63) is 29.3 Å². The predicted molar refractivity (Wildman–Crippen MR) is 81.4 cm³/mol. The van der Waals surface area contributed by atoms with E-state index in [0.717, 1.165) is 19.4 Å². The second kappa shape index (κ2) is 5.91. The van der Waals surface area contributed by atoms with Crippen molar-refractivity contribution in [3.8, 4) is 0 Å². The highest BCUT2D eigenvalue weighted by Crippen LogP contribution is 2.32. The molecule has 1 aromatic carbocycles. The quantitative estimate of drug-likeness (QED) is 0.907. The summed E-state index contributed by atoms with van der Waals surface area (Å²) in [6.45, 7) is 5.53. The van der Waals surface area contributed by atoms with Crippen LogP contribution in [0.15, 0.2) is 12.1 Å². The van der Waals surface area contributed by atoms with Crippen LogP contribution in [0.2, 0.25) is 0 Å². The maximum absolute atomic E-state index is 14.4. The number of piperidine rings is 1. The maximum atomic E-state index is 14.4. The Bertz CT molecular complexity index is 491. The molecule has 4 heteroatoms. The van der Waals surface area contributed by atoms with Crippen LogP contribution < -0.4 is 10.2 Å². The Balaban J connectivity index is 1.78. The Morgan fingerprint density at radius 1 is 1.14 bits per heavy atom. The zero-order chi connectivity index (χ0) is 15.0. The van der Waals surface area contributed by atoms with E-state index in [-0.39, 0.29) is 11.7 Å². The molecule has 116 valence electrons. The monoisotopic (exact) mass is 294 g/mol.